The molecule has 0 aliphatic heterocycles. The van der Waals surface area contributed by atoms with Crippen molar-refractivity contribution in [3.05, 3.63) is 0 Å². The third-order valence-corrected chi connectivity index (χ3v) is 3.45. The maximum atomic E-state index is 5.51. The summed E-state index contributed by atoms with van der Waals surface area (Å²) in [5, 5.41) is 0. The lowest BCUT2D eigenvalue weighted by Gasteiger charge is -2.13. The van der Waals surface area contributed by atoms with Gasteiger partial charge in [-0.2, -0.15) is 0 Å². The van der Waals surface area contributed by atoms with Crippen molar-refractivity contribution >= 4 is 9.28 Å². The van der Waals surface area contributed by atoms with E-state index in [-0.39, 0.29) is 0 Å². The molecule has 0 spiro atoms. The normalized spacial score (nSPS) is 11.5. The molecule has 0 aliphatic carbocycles. The Morgan fingerprint density at radius 1 is 1.08 bits per heavy atom. The Bertz CT molecular complexity index is 90.5. The predicted molar refractivity (Wildman–Crippen MR) is 53.3 cm³/mol. The molecular weight excluding hydrogens is 168 g/mol. The van der Waals surface area contributed by atoms with Crippen LogP contribution >= 0.6 is 0 Å². The van der Waals surface area contributed by atoms with Gasteiger partial charge in [-0.05, 0) is 32.2 Å². The van der Waals surface area contributed by atoms with Crippen molar-refractivity contribution in [3.8, 4) is 0 Å². The van der Waals surface area contributed by atoms with E-state index in [0.717, 1.165) is 25.2 Å². The zero-order valence-corrected chi connectivity index (χ0v) is 9.72. The zero-order chi connectivity index (χ0) is 9.40. The van der Waals surface area contributed by atoms with Gasteiger partial charge >= 0.3 is 9.28 Å². The molecule has 0 bridgehead atoms. The Kier molecular flexibility index (Phi) is 7.86. The summed E-state index contributed by atoms with van der Waals surface area (Å²) in [5.41, 5.74) is 0. The first-order valence-corrected chi connectivity index (χ1v) is 6.34. The first-order chi connectivity index (χ1) is 5.70. The molecule has 1 radical (unpaired) electrons. The van der Waals surface area contributed by atoms with Crippen LogP contribution in [0.2, 0.25) is 6.04 Å². The van der Waals surface area contributed by atoms with Crippen LogP contribution in [0.4, 0.5) is 0 Å². The third-order valence-electron chi connectivity index (χ3n) is 1.54. The minimum Gasteiger partial charge on any atom is -0.394 e. The average Bonchev–Trinajstić information content (AvgIpc) is 2.01. The minimum absolute atomic E-state index is 0.755. The minimum atomic E-state index is -0.942. The van der Waals surface area contributed by atoms with Crippen LogP contribution in [0.5, 0.6) is 0 Å². The molecule has 0 unspecified atom stereocenters. The fraction of sp³-hybridized carbons (Fsp3) is 1.00. The molecule has 0 aromatic heterocycles. The van der Waals surface area contributed by atoms with Crippen LogP contribution in [0.25, 0.3) is 0 Å². The molecule has 2 nitrogen and oxygen atoms in total. The highest BCUT2D eigenvalue weighted by Gasteiger charge is 2.14. The van der Waals surface area contributed by atoms with Gasteiger partial charge in [-0.25, -0.2) is 0 Å². The molecule has 0 atom stereocenters. The van der Waals surface area contributed by atoms with Gasteiger partial charge in [0.25, 0.3) is 0 Å². The molecule has 3 heteroatoms. The maximum Gasteiger partial charge on any atom is 0.384 e. The first kappa shape index (κ1) is 12.1. The molecule has 0 aliphatic rings. The van der Waals surface area contributed by atoms with Gasteiger partial charge in [0.2, 0.25) is 0 Å². The van der Waals surface area contributed by atoms with Crippen LogP contribution in [-0.4, -0.2) is 22.5 Å². The van der Waals surface area contributed by atoms with Crippen molar-refractivity contribution in [2.45, 2.75) is 40.2 Å². The van der Waals surface area contributed by atoms with Gasteiger partial charge in [-0.3, -0.25) is 0 Å². The topological polar surface area (TPSA) is 18.5 Å². The van der Waals surface area contributed by atoms with Crippen molar-refractivity contribution in [2.24, 2.45) is 5.92 Å². The lowest BCUT2D eigenvalue weighted by Crippen LogP contribution is -2.23. The van der Waals surface area contributed by atoms with Crippen LogP contribution in [-0.2, 0) is 8.85 Å². The lowest BCUT2D eigenvalue weighted by molar-refractivity contribution is 0.211. The van der Waals surface area contributed by atoms with E-state index in [0.29, 0.717) is 0 Å². The van der Waals surface area contributed by atoms with Gasteiger partial charge in [0.15, 0.2) is 0 Å². The molecule has 12 heavy (non-hydrogen) atoms. The molecule has 0 N–H and O–H groups in total. The Morgan fingerprint density at radius 3 is 1.92 bits per heavy atom. The van der Waals surface area contributed by atoms with Crippen molar-refractivity contribution in [1.82, 2.24) is 0 Å². The SMILES string of the molecule is CCO[Si](CCC(C)C)OCC. The van der Waals surface area contributed by atoms with E-state index in [1.54, 1.807) is 0 Å². The molecule has 0 amide bonds. The summed E-state index contributed by atoms with van der Waals surface area (Å²) in [7, 11) is -0.942. The Morgan fingerprint density at radius 2 is 1.58 bits per heavy atom. The fourth-order valence-corrected chi connectivity index (χ4v) is 2.74. The standard InChI is InChI=1S/C9H21O2Si/c1-5-10-12(11-6-2)8-7-9(3)4/h9H,5-8H2,1-4H3. The highest BCUT2D eigenvalue weighted by atomic mass is 28.3. The van der Waals surface area contributed by atoms with Gasteiger partial charge in [0.1, 0.15) is 0 Å². The molecule has 0 saturated carbocycles. The predicted octanol–water partition coefficient (Wildman–Crippen LogP) is 2.59. The van der Waals surface area contributed by atoms with Gasteiger partial charge in [0, 0.05) is 13.2 Å². The third kappa shape index (κ3) is 6.82. The maximum absolute atomic E-state index is 5.51. The largest absolute Gasteiger partial charge is 0.394 e. The van der Waals surface area contributed by atoms with Gasteiger partial charge in [0.05, 0.1) is 0 Å². The van der Waals surface area contributed by atoms with E-state index >= 15 is 0 Å². The molecular formula is C9H21O2Si. The second kappa shape index (κ2) is 7.77. The van der Waals surface area contributed by atoms with Gasteiger partial charge in [-0.15, -0.1) is 0 Å². The highest BCUT2D eigenvalue weighted by Crippen LogP contribution is 2.08. The van der Waals surface area contributed by atoms with Crippen LogP contribution in [0.3, 0.4) is 0 Å². The highest BCUT2D eigenvalue weighted by molar-refractivity contribution is 6.44. The lowest BCUT2D eigenvalue weighted by atomic mass is 10.2. The van der Waals surface area contributed by atoms with Crippen molar-refractivity contribution in [3.63, 3.8) is 0 Å². The van der Waals surface area contributed by atoms with E-state index in [4.69, 9.17) is 8.85 Å². The molecule has 0 aromatic carbocycles. The molecule has 0 aromatic rings. The van der Waals surface area contributed by atoms with Crippen molar-refractivity contribution < 1.29 is 8.85 Å². The number of hydrogen-bond acceptors (Lipinski definition) is 2. The van der Waals surface area contributed by atoms with Crippen LogP contribution in [0.15, 0.2) is 0 Å². The fourth-order valence-electron chi connectivity index (χ4n) is 0.915. The Labute approximate surface area is 78.1 Å². The monoisotopic (exact) mass is 189 g/mol. The molecule has 0 saturated heterocycles. The van der Waals surface area contributed by atoms with Crippen LogP contribution < -0.4 is 0 Å². The summed E-state index contributed by atoms with van der Waals surface area (Å²) in [4.78, 5) is 0. The summed E-state index contributed by atoms with van der Waals surface area (Å²) in [6, 6.07) is 1.12. The van der Waals surface area contributed by atoms with E-state index < -0.39 is 9.28 Å². The van der Waals surface area contributed by atoms with E-state index in [2.05, 4.69) is 13.8 Å². The molecule has 0 fully saturated rings. The van der Waals surface area contributed by atoms with E-state index in [9.17, 15) is 0 Å². The number of rotatable bonds is 7. The van der Waals surface area contributed by atoms with Crippen molar-refractivity contribution in [2.75, 3.05) is 13.2 Å². The van der Waals surface area contributed by atoms with Gasteiger partial charge < -0.3 is 8.85 Å². The summed E-state index contributed by atoms with van der Waals surface area (Å²) in [5.74, 6) is 0.755. The zero-order valence-electron chi connectivity index (χ0n) is 8.72. The van der Waals surface area contributed by atoms with Crippen molar-refractivity contribution in [1.29, 1.82) is 0 Å². The summed E-state index contributed by atoms with van der Waals surface area (Å²) in [6.45, 7) is 10.1. The Hall–Kier alpha value is 0.137. The summed E-state index contributed by atoms with van der Waals surface area (Å²) < 4.78 is 11.0. The smallest absolute Gasteiger partial charge is 0.384 e. The van der Waals surface area contributed by atoms with Crippen LogP contribution in [0, 0.1) is 5.92 Å². The Balaban J connectivity index is 3.48. The molecule has 73 valence electrons. The van der Waals surface area contributed by atoms with Gasteiger partial charge in [-0.1, -0.05) is 13.8 Å². The average molecular weight is 189 g/mol. The molecule has 0 heterocycles. The molecule has 0 rings (SSSR count). The summed E-state index contributed by atoms with van der Waals surface area (Å²) >= 11 is 0. The summed E-state index contributed by atoms with van der Waals surface area (Å²) in [6.07, 6.45) is 1.22. The number of hydrogen-bond donors (Lipinski definition) is 0. The second-order valence-electron chi connectivity index (χ2n) is 3.17. The first-order valence-electron chi connectivity index (χ1n) is 4.82. The van der Waals surface area contributed by atoms with E-state index in [1.807, 2.05) is 13.8 Å². The second-order valence-corrected chi connectivity index (χ2v) is 4.99. The van der Waals surface area contributed by atoms with Crippen LogP contribution in [0.1, 0.15) is 34.1 Å². The quantitative estimate of drug-likeness (QED) is 0.573. The van der Waals surface area contributed by atoms with E-state index in [1.165, 1.54) is 6.42 Å².